The van der Waals surface area contributed by atoms with Crippen molar-refractivity contribution in [2.24, 2.45) is 10.8 Å². The smallest absolute Gasteiger partial charge is 0.143 e. The van der Waals surface area contributed by atoms with Gasteiger partial charge in [-0.25, -0.2) is 0 Å². The van der Waals surface area contributed by atoms with Gasteiger partial charge in [0.15, 0.2) is 0 Å². The van der Waals surface area contributed by atoms with Gasteiger partial charge in [0.25, 0.3) is 0 Å². The molecular weight excluding hydrogens is 296 g/mol. The maximum Gasteiger partial charge on any atom is 0.143 e. The molecule has 3 nitrogen and oxygen atoms in total. The molecule has 0 heterocycles. The fraction of sp³-hybridized carbons (Fsp3) is 0.857. The van der Waals surface area contributed by atoms with Gasteiger partial charge in [-0.2, -0.15) is 0 Å². The summed E-state index contributed by atoms with van der Waals surface area (Å²) < 4.78 is 1.94. The Balaban J connectivity index is -0.000000156. The highest BCUT2D eigenvalue weighted by atomic mass is 16.1. The van der Waals surface area contributed by atoms with E-state index in [0.29, 0.717) is 17.6 Å². The molecule has 0 rings (SSSR count). The fourth-order valence-corrected chi connectivity index (χ4v) is 1.48. The van der Waals surface area contributed by atoms with Crippen LogP contribution in [0.3, 0.4) is 0 Å². The Kier molecular flexibility index (Phi) is 14.7. The summed E-state index contributed by atoms with van der Waals surface area (Å²) in [4.78, 5) is 11.5. The van der Waals surface area contributed by atoms with Crippen molar-refractivity contribution in [3.8, 4) is 0 Å². The molecule has 24 heavy (non-hydrogen) atoms. The predicted molar refractivity (Wildman–Crippen MR) is 112 cm³/mol. The minimum Gasteiger partial charge on any atom is -0.358 e. The molecule has 0 N–H and O–H groups in total. The van der Waals surface area contributed by atoms with E-state index in [9.17, 15) is 4.79 Å². The average Bonchev–Trinajstić information content (AvgIpc) is 2.20. The van der Waals surface area contributed by atoms with Crippen LogP contribution in [-0.4, -0.2) is 70.1 Å². The highest BCUT2D eigenvalue weighted by Crippen LogP contribution is 2.19. The van der Waals surface area contributed by atoms with E-state index in [2.05, 4.69) is 63.1 Å². The molecule has 0 atom stereocenters. The zero-order valence-corrected chi connectivity index (χ0v) is 19.6. The molecule has 0 aromatic carbocycles. The minimum absolute atomic E-state index is 0. The molecule has 0 aromatic heterocycles. The van der Waals surface area contributed by atoms with Crippen molar-refractivity contribution in [1.29, 1.82) is 0 Å². The standard InChI is InChI=1S/C10H22NO.C9H22N.2CH3/c1-10(2,3)9(12)7-8-11(4,5)6;1-9(2,3)7-8-10(4,5)6;;/h7-8H2,1-6H3;7-8H2,1-6H3;2*1H3/q2*+1;2*-1. The van der Waals surface area contributed by atoms with Gasteiger partial charge in [-0.05, 0) is 5.41 Å². The summed E-state index contributed by atoms with van der Waals surface area (Å²) >= 11 is 0. The number of ketones is 1. The quantitative estimate of drug-likeness (QED) is 0.519. The average molecular weight is 347 g/mol. The van der Waals surface area contributed by atoms with E-state index in [1.165, 1.54) is 13.0 Å². The molecule has 0 aliphatic heterocycles. The first-order valence-corrected chi connectivity index (χ1v) is 8.48. The number of quaternary nitrogens is 2. The molecule has 0 amide bonds. The first-order chi connectivity index (χ1) is 9.33. The maximum atomic E-state index is 11.5. The summed E-state index contributed by atoms with van der Waals surface area (Å²) in [5.41, 5.74) is 0.320. The van der Waals surface area contributed by atoms with Gasteiger partial charge in [-0.15, -0.1) is 0 Å². The lowest BCUT2D eigenvalue weighted by Gasteiger charge is -2.28. The summed E-state index contributed by atoms with van der Waals surface area (Å²) in [5, 5.41) is 0. The summed E-state index contributed by atoms with van der Waals surface area (Å²) in [6.45, 7) is 15.0. The Morgan fingerprint density at radius 2 is 1.04 bits per heavy atom. The second-order valence-corrected chi connectivity index (χ2v) is 10.8. The number of nitrogens with zero attached hydrogens (tertiary/aromatic N) is 2. The van der Waals surface area contributed by atoms with Crippen molar-refractivity contribution >= 4 is 5.78 Å². The SMILES string of the molecule is CC(C)(C)C(=O)CC[N+](C)(C)C.CC(C)(C)CC[N+](C)(C)C.[CH3-].[CH3-]. The molecule has 0 aliphatic rings. The highest BCUT2D eigenvalue weighted by Gasteiger charge is 2.22. The second-order valence-electron chi connectivity index (χ2n) is 10.8. The third-order valence-electron chi connectivity index (χ3n) is 3.38. The van der Waals surface area contributed by atoms with Crippen LogP contribution in [0.5, 0.6) is 0 Å². The van der Waals surface area contributed by atoms with Crippen LogP contribution in [0.2, 0.25) is 0 Å². The predicted octanol–water partition coefficient (Wildman–Crippen LogP) is 4.73. The molecule has 0 radical (unpaired) electrons. The Morgan fingerprint density at radius 3 is 1.21 bits per heavy atom. The van der Waals surface area contributed by atoms with Crippen molar-refractivity contribution in [3.63, 3.8) is 0 Å². The van der Waals surface area contributed by atoms with Crippen LogP contribution in [-0.2, 0) is 4.79 Å². The van der Waals surface area contributed by atoms with Gasteiger partial charge < -0.3 is 23.8 Å². The molecular formula is C21H50N2O. The van der Waals surface area contributed by atoms with Gasteiger partial charge in [0, 0.05) is 11.8 Å². The van der Waals surface area contributed by atoms with Crippen LogP contribution in [0.4, 0.5) is 0 Å². The molecule has 0 saturated heterocycles. The number of carbonyl (C=O) groups excluding carboxylic acids is 1. The van der Waals surface area contributed by atoms with E-state index in [1.807, 2.05) is 20.8 Å². The maximum absolute atomic E-state index is 11.5. The van der Waals surface area contributed by atoms with E-state index in [-0.39, 0.29) is 20.3 Å². The lowest BCUT2D eigenvalue weighted by molar-refractivity contribution is -0.871. The molecule has 0 aliphatic carbocycles. The van der Waals surface area contributed by atoms with Crippen LogP contribution < -0.4 is 0 Å². The Bertz CT molecular complexity index is 306. The van der Waals surface area contributed by atoms with Crippen molar-refractivity contribution in [3.05, 3.63) is 14.9 Å². The molecule has 0 bridgehead atoms. The van der Waals surface area contributed by atoms with Crippen molar-refractivity contribution in [1.82, 2.24) is 0 Å². The lowest BCUT2D eigenvalue weighted by atomic mass is 9.89. The molecule has 0 saturated carbocycles. The zero-order chi connectivity index (χ0) is 18.4. The lowest BCUT2D eigenvalue weighted by Crippen LogP contribution is -2.37. The normalized spacial score (nSPS) is 12.3. The topological polar surface area (TPSA) is 17.1 Å². The Morgan fingerprint density at radius 1 is 0.708 bits per heavy atom. The third-order valence-corrected chi connectivity index (χ3v) is 3.38. The minimum atomic E-state index is -0.171. The first-order valence-electron chi connectivity index (χ1n) is 8.48. The van der Waals surface area contributed by atoms with Crippen LogP contribution in [0.1, 0.15) is 54.4 Å². The molecule has 0 fully saturated rings. The number of hydrogen-bond acceptors (Lipinski definition) is 1. The van der Waals surface area contributed by atoms with Gasteiger partial charge >= 0.3 is 0 Å². The molecule has 3 heteroatoms. The van der Waals surface area contributed by atoms with E-state index < -0.39 is 0 Å². The van der Waals surface area contributed by atoms with E-state index in [4.69, 9.17) is 0 Å². The molecule has 0 unspecified atom stereocenters. The van der Waals surface area contributed by atoms with Gasteiger partial charge in [-0.1, -0.05) is 41.5 Å². The third kappa shape index (κ3) is 26.5. The first kappa shape index (κ1) is 31.4. The largest absolute Gasteiger partial charge is 0.358 e. The van der Waals surface area contributed by atoms with Gasteiger partial charge in [-0.3, -0.25) is 4.79 Å². The number of hydrogen-bond donors (Lipinski definition) is 0. The zero-order valence-electron chi connectivity index (χ0n) is 19.6. The number of Topliss-reactive ketones (excluding diaryl/α,β-unsaturated/α-hetero) is 1. The van der Waals surface area contributed by atoms with Crippen LogP contribution in [0.15, 0.2) is 0 Å². The summed E-state index contributed by atoms with van der Waals surface area (Å²) in [5.74, 6) is 0.357. The van der Waals surface area contributed by atoms with Gasteiger partial charge in [0.05, 0.1) is 61.8 Å². The van der Waals surface area contributed by atoms with E-state index in [1.54, 1.807) is 0 Å². The van der Waals surface area contributed by atoms with Gasteiger partial charge in [0.2, 0.25) is 0 Å². The summed E-state index contributed by atoms with van der Waals surface area (Å²) in [6, 6.07) is 0. The van der Waals surface area contributed by atoms with Crippen molar-refractivity contribution in [2.75, 3.05) is 55.4 Å². The number of carbonyl (C=O) groups is 1. The Labute approximate surface area is 155 Å². The van der Waals surface area contributed by atoms with Crippen molar-refractivity contribution < 1.29 is 13.8 Å². The fourth-order valence-electron chi connectivity index (χ4n) is 1.48. The van der Waals surface area contributed by atoms with Crippen LogP contribution in [0.25, 0.3) is 0 Å². The number of rotatable bonds is 5. The summed E-state index contributed by atoms with van der Waals surface area (Å²) in [7, 11) is 13.0. The summed E-state index contributed by atoms with van der Waals surface area (Å²) in [6.07, 6.45) is 1.99. The van der Waals surface area contributed by atoms with Crippen LogP contribution in [0, 0.1) is 25.7 Å². The van der Waals surface area contributed by atoms with E-state index >= 15 is 0 Å². The highest BCUT2D eigenvalue weighted by molar-refractivity contribution is 5.83. The molecule has 0 spiro atoms. The van der Waals surface area contributed by atoms with E-state index in [0.717, 1.165) is 15.5 Å². The Hall–Kier alpha value is -0.410. The molecule has 150 valence electrons. The van der Waals surface area contributed by atoms with Gasteiger partial charge in [0.1, 0.15) is 5.78 Å². The van der Waals surface area contributed by atoms with Crippen LogP contribution >= 0.6 is 0 Å². The van der Waals surface area contributed by atoms with Crippen molar-refractivity contribution in [2.45, 2.75) is 54.4 Å². The molecule has 0 aromatic rings. The second kappa shape index (κ2) is 11.3. The monoisotopic (exact) mass is 346 g/mol.